The molecular formula is C13H12FNO3S. The number of hydrogen-bond donors (Lipinski definition) is 2. The number of phenols is 1. The van der Waals surface area contributed by atoms with Crippen LogP contribution in [-0.2, 0) is 16.6 Å². The third kappa shape index (κ3) is 3.52. The minimum atomic E-state index is -3.74. The molecule has 0 fully saturated rings. The number of phenolic OH excluding ortho intramolecular Hbond substituents is 1. The molecule has 0 unspecified atom stereocenters. The van der Waals surface area contributed by atoms with Gasteiger partial charge in [-0.15, -0.1) is 0 Å². The minimum absolute atomic E-state index is 0.0686. The molecule has 0 amide bonds. The smallest absolute Gasteiger partial charge is 0.240 e. The standard InChI is InChI=1S/C13H12FNO3S/c14-11-2-1-3-13(8-11)19(17,18)15-9-10-4-6-12(16)7-5-10/h1-8,15-16H,9H2. The first kappa shape index (κ1) is 13.5. The average molecular weight is 281 g/mol. The van der Waals surface area contributed by atoms with Crippen LogP contribution in [0.3, 0.4) is 0 Å². The molecule has 0 aliphatic carbocycles. The van der Waals surface area contributed by atoms with Crippen molar-refractivity contribution in [2.75, 3.05) is 0 Å². The zero-order valence-corrected chi connectivity index (χ0v) is 10.7. The molecule has 2 aromatic rings. The molecule has 6 heteroatoms. The lowest BCUT2D eigenvalue weighted by Gasteiger charge is -2.07. The van der Waals surface area contributed by atoms with Crippen LogP contribution in [0, 0.1) is 5.82 Å². The van der Waals surface area contributed by atoms with Crippen LogP contribution in [-0.4, -0.2) is 13.5 Å². The van der Waals surface area contributed by atoms with E-state index in [0.717, 1.165) is 6.07 Å². The van der Waals surface area contributed by atoms with Gasteiger partial charge in [-0.1, -0.05) is 18.2 Å². The van der Waals surface area contributed by atoms with Crippen molar-refractivity contribution in [3.63, 3.8) is 0 Å². The van der Waals surface area contributed by atoms with Gasteiger partial charge in [0.1, 0.15) is 11.6 Å². The average Bonchev–Trinajstić information content (AvgIpc) is 2.38. The highest BCUT2D eigenvalue weighted by Crippen LogP contribution is 2.13. The molecule has 0 atom stereocenters. The van der Waals surface area contributed by atoms with E-state index in [4.69, 9.17) is 5.11 Å². The summed E-state index contributed by atoms with van der Waals surface area (Å²) in [6, 6.07) is 10.9. The lowest BCUT2D eigenvalue weighted by atomic mass is 10.2. The Kier molecular flexibility index (Phi) is 3.82. The van der Waals surface area contributed by atoms with Crippen LogP contribution >= 0.6 is 0 Å². The number of halogens is 1. The van der Waals surface area contributed by atoms with Crippen LogP contribution in [0.5, 0.6) is 5.75 Å². The fourth-order valence-electron chi connectivity index (χ4n) is 1.51. The lowest BCUT2D eigenvalue weighted by Crippen LogP contribution is -2.23. The van der Waals surface area contributed by atoms with Crippen molar-refractivity contribution in [2.24, 2.45) is 0 Å². The number of rotatable bonds is 4. The molecule has 2 N–H and O–H groups in total. The molecule has 2 aromatic carbocycles. The maximum Gasteiger partial charge on any atom is 0.240 e. The monoisotopic (exact) mass is 281 g/mol. The van der Waals surface area contributed by atoms with E-state index in [2.05, 4.69) is 4.72 Å². The SMILES string of the molecule is O=S(=O)(NCc1ccc(O)cc1)c1cccc(F)c1. The van der Waals surface area contributed by atoms with E-state index in [1.165, 1.54) is 30.3 Å². The second kappa shape index (κ2) is 5.38. The van der Waals surface area contributed by atoms with Crippen LogP contribution in [0.1, 0.15) is 5.56 Å². The quantitative estimate of drug-likeness (QED) is 0.901. The Hall–Kier alpha value is -1.92. The van der Waals surface area contributed by atoms with Gasteiger partial charge in [-0.05, 0) is 35.9 Å². The molecule has 0 aliphatic heterocycles. The lowest BCUT2D eigenvalue weighted by molar-refractivity contribution is 0.475. The zero-order chi connectivity index (χ0) is 13.9. The van der Waals surface area contributed by atoms with Crippen molar-refractivity contribution in [1.82, 2.24) is 4.72 Å². The Bertz CT molecular complexity index is 669. The Balaban J connectivity index is 2.12. The second-order valence-corrected chi connectivity index (χ2v) is 5.72. The van der Waals surface area contributed by atoms with Gasteiger partial charge in [-0.3, -0.25) is 0 Å². The molecule has 0 bridgehead atoms. The van der Waals surface area contributed by atoms with Crippen LogP contribution in [0.2, 0.25) is 0 Å². The Morgan fingerprint density at radius 3 is 2.42 bits per heavy atom. The fourth-order valence-corrected chi connectivity index (χ4v) is 2.56. The maximum absolute atomic E-state index is 13.0. The summed E-state index contributed by atoms with van der Waals surface area (Å²) >= 11 is 0. The van der Waals surface area contributed by atoms with E-state index < -0.39 is 15.8 Å². The molecule has 0 radical (unpaired) electrons. The third-order valence-electron chi connectivity index (χ3n) is 2.51. The van der Waals surface area contributed by atoms with Gasteiger partial charge in [-0.2, -0.15) is 0 Å². The molecular weight excluding hydrogens is 269 g/mol. The van der Waals surface area contributed by atoms with Gasteiger partial charge >= 0.3 is 0 Å². The predicted octanol–water partition coefficient (Wildman–Crippen LogP) is 2.01. The fraction of sp³-hybridized carbons (Fsp3) is 0.0769. The van der Waals surface area contributed by atoms with Gasteiger partial charge < -0.3 is 5.11 Å². The Morgan fingerprint density at radius 2 is 1.79 bits per heavy atom. The second-order valence-electron chi connectivity index (χ2n) is 3.95. The van der Waals surface area contributed by atoms with Gasteiger partial charge in [0.2, 0.25) is 10.0 Å². The number of benzene rings is 2. The molecule has 0 saturated carbocycles. The van der Waals surface area contributed by atoms with Crippen LogP contribution in [0.15, 0.2) is 53.4 Å². The highest BCUT2D eigenvalue weighted by atomic mass is 32.2. The summed E-state index contributed by atoms with van der Waals surface area (Å²) in [6.45, 7) is 0.0686. The van der Waals surface area contributed by atoms with E-state index >= 15 is 0 Å². The Morgan fingerprint density at radius 1 is 1.11 bits per heavy atom. The van der Waals surface area contributed by atoms with Crippen molar-refractivity contribution in [3.05, 3.63) is 59.9 Å². The van der Waals surface area contributed by atoms with E-state index in [-0.39, 0.29) is 17.2 Å². The Labute approximate surface area is 110 Å². The van der Waals surface area contributed by atoms with Crippen LogP contribution in [0.4, 0.5) is 4.39 Å². The van der Waals surface area contributed by atoms with E-state index in [1.807, 2.05) is 0 Å². The maximum atomic E-state index is 13.0. The number of nitrogens with one attached hydrogen (secondary N) is 1. The molecule has 0 saturated heterocycles. The van der Waals surface area contributed by atoms with Crippen molar-refractivity contribution < 1.29 is 17.9 Å². The summed E-state index contributed by atoms with van der Waals surface area (Å²) in [5.41, 5.74) is 0.692. The van der Waals surface area contributed by atoms with E-state index in [0.29, 0.717) is 5.56 Å². The van der Waals surface area contributed by atoms with Gasteiger partial charge in [-0.25, -0.2) is 17.5 Å². The number of hydrogen-bond acceptors (Lipinski definition) is 3. The largest absolute Gasteiger partial charge is 0.508 e. The van der Waals surface area contributed by atoms with Crippen LogP contribution < -0.4 is 4.72 Å². The zero-order valence-electron chi connectivity index (χ0n) is 9.88. The molecule has 0 aliphatic rings. The normalized spacial score (nSPS) is 11.4. The summed E-state index contributed by atoms with van der Waals surface area (Å²) in [7, 11) is -3.74. The first-order chi connectivity index (χ1) is 8.97. The summed E-state index contributed by atoms with van der Waals surface area (Å²) in [5.74, 6) is -0.496. The topological polar surface area (TPSA) is 66.4 Å². The van der Waals surface area contributed by atoms with Gasteiger partial charge in [0.05, 0.1) is 4.90 Å². The summed E-state index contributed by atoms with van der Waals surface area (Å²) < 4.78 is 39.1. The van der Waals surface area contributed by atoms with Gasteiger partial charge in [0, 0.05) is 6.54 Å². The first-order valence-electron chi connectivity index (χ1n) is 5.50. The van der Waals surface area contributed by atoms with E-state index in [1.54, 1.807) is 12.1 Å². The highest BCUT2D eigenvalue weighted by Gasteiger charge is 2.14. The van der Waals surface area contributed by atoms with E-state index in [9.17, 15) is 12.8 Å². The summed E-state index contributed by atoms with van der Waals surface area (Å²) in [4.78, 5) is -0.119. The minimum Gasteiger partial charge on any atom is -0.508 e. The van der Waals surface area contributed by atoms with Crippen molar-refractivity contribution in [2.45, 2.75) is 11.4 Å². The summed E-state index contributed by atoms with van der Waals surface area (Å²) in [6.07, 6.45) is 0. The molecule has 19 heavy (non-hydrogen) atoms. The number of aromatic hydroxyl groups is 1. The van der Waals surface area contributed by atoms with Crippen molar-refractivity contribution in [3.8, 4) is 5.75 Å². The first-order valence-corrected chi connectivity index (χ1v) is 6.99. The molecule has 4 nitrogen and oxygen atoms in total. The molecule has 100 valence electrons. The van der Waals surface area contributed by atoms with Crippen LogP contribution in [0.25, 0.3) is 0 Å². The van der Waals surface area contributed by atoms with Crippen molar-refractivity contribution >= 4 is 10.0 Å². The van der Waals surface area contributed by atoms with Gasteiger partial charge in [0.15, 0.2) is 0 Å². The predicted molar refractivity (Wildman–Crippen MR) is 68.5 cm³/mol. The van der Waals surface area contributed by atoms with Gasteiger partial charge in [0.25, 0.3) is 0 Å². The number of sulfonamides is 1. The molecule has 2 rings (SSSR count). The molecule has 0 spiro atoms. The molecule has 0 aromatic heterocycles. The highest BCUT2D eigenvalue weighted by molar-refractivity contribution is 7.89. The summed E-state index contributed by atoms with van der Waals surface area (Å²) in [5, 5.41) is 9.11. The van der Waals surface area contributed by atoms with Crippen molar-refractivity contribution in [1.29, 1.82) is 0 Å². The molecule has 0 heterocycles. The third-order valence-corrected chi connectivity index (χ3v) is 3.91.